The molecule has 0 saturated carbocycles. The smallest absolute Gasteiger partial charge is 0.181 e. The van der Waals surface area contributed by atoms with Crippen molar-refractivity contribution >= 4 is 9.84 Å². The predicted molar refractivity (Wildman–Crippen MR) is 76.4 cm³/mol. The zero-order chi connectivity index (χ0) is 14.6. The minimum absolute atomic E-state index is 0.215. The summed E-state index contributed by atoms with van der Waals surface area (Å²) in [6, 6.07) is 14.8. The van der Waals surface area contributed by atoms with Gasteiger partial charge in [0.15, 0.2) is 9.84 Å². The van der Waals surface area contributed by atoms with Gasteiger partial charge in [-0.25, -0.2) is 8.42 Å². The monoisotopic (exact) mass is 292 g/mol. The molecule has 0 saturated heterocycles. The van der Waals surface area contributed by atoms with Gasteiger partial charge in [-0.1, -0.05) is 30.3 Å². The lowest BCUT2D eigenvalue weighted by atomic mass is 10.1. The highest BCUT2D eigenvalue weighted by Gasteiger charge is 2.20. The lowest BCUT2D eigenvalue weighted by Crippen LogP contribution is -2.14. The van der Waals surface area contributed by atoms with Gasteiger partial charge in [0.1, 0.15) is 5.75 Å². The molecule has 0 amide bonds. The van der Waals surface area contributed by atoms with E-state index in [1.54, 1.807) is 49.6 Å². The average molecular weight is 292 g/mol. The minimum atomic E-state index is -3.50. The third kappa shape index (κ3) is 3.37. The molecular formula is C15H16O4S. The standard InChI is InChI=1S/C15H16O4S/c1-19-13-9-7-12(8-10-13)15(16)11-20(17,18)14-5-3-2-4-6-14/h2-10,15-16H,11H2,1H3/t15-/m0/s1. The van der Waals surface area contributed by atoms with Gasteiger partial charge in [0.05, 0.1) is 23.9 Å². The number of aliphatic hydroxyl groups excluding tert-OH is 1. The van der Waals surface area contributed by atoms with Crippen LogP contribution in [0.5, 0.6) is 5.75 Å². The molecular weight excluding hydrogens is 276 g/mol. The summed E-state index contributed by atoms with van der Waals surface area (Å²) in [5, 5.41) is 10.1. The highest BCUT2D eigenvalue weighted by molar-refractivity contribution is 7.91. The first-order chi connectivity index (χ1) is 9.53. The Kier molecular flexibility index (Phi) is 4.42. The summed E-state index contributed by atoms with van der Waals surface area (Å²) in [5.74, 6) is 0.315. The number of hydrogen-bond donors (Lipinski definition) is 1. The fourth-order valence-corrected chi connectivity index (χ4v) is 3.23. The second-order valence-electron chi connectivity index (χ2n) is 4.38. The maximum atomic E-state index is 12.2. The topological polar surface area (TPSA) is 63.6 Å². The van der Waals surface area contributed by atoms with Gasteiger partial charge >= 0.3 is 0 Å². The maximum absolute atomic E-state index is 12.2. The maximum Gasteiger partial charge on any atom is 0.181 e. The molecule has 0 unspecified atom stereocenters. The summed E-state index contributed by atoms with van der Waals surface area (Å²) >= 11 is 0. The molecule has 0 bridgehead atoms. The van der Waals surface area contributed by atoms with E-state index in [0.717, 1.165) is 0 Å². The van der Waals surface area contributed by atoms with Crippen molar-refractivity contribution in [2.24, 2.45) is 0 Å². The van der Waals surface area contributed by atoms with Crippen LogP contribution in [0.25, 0.3) is 0 Å². The molecule has 5 heteroatoms. The predicted octanol–water partition coefficient (Wildman–Crippen LogP) is 2.20. The number of rotatable bonds is 5. The second kappa shape index (κ2) is 6.07. The lowest BCUT2D eigenvalue weighted by molar-refractivity contribution is 0.201. The van der Waals surface area contributed by atoms with Crippen LogP contribution in [0.4, 0.5) is 0 Å². The van der Waals surface area contributed by atoms with Crippen molar-refractivity contribution in [3.8, 4) is 5.75 Å². The van der Waals surface area contributed by atoms with Crippen LogP contribution in [0.2, 0.25) is 0 Å². The molecule has 0 aliphatic carbocycles. The molecule has 2 rings (SSSR count). The first-order valence-electron chi connectivity index (χ1n) is 6.13. The molecule has 0 heterocycles. The molecule has 106 valence electrons. The van der Waals surface area contributed by atoms with Crippen LogP contribution in [0.15, 0.2) is 59.5 Å². The van der Waals surface area contributed by atoms with Crippen molar-refractivity contribution in [2.45, 2.75) is 11.0 Å². The molecule has 2 aromatic rings. The van der Waals surface area contributed by atoms with Crippen molar-refractivity contribution in [3.05, 3.63) is 60.2 Å². The van der Waals surface area contributed by atoms with Crippen LogP contribution in [0.1, 0.15) is 11.7 Å². The highest BCUT2D eigenvalue weighted by Crippen LogP contribution is 2.21. The van der Waals surface area contributed by atoms with Crippen LogP contribution >= 0.6 is 0 Å². The van der Waals surface area contributed by atoms with Crippen LogP contribution in [-0.4, -0.2) is 26.4 Å². The molecule has 0 fully saturated rings. The summed E-state index contributed by atoms with van der Waals surface area (Å²) in [5.41, 5.74) is 0.547. The number of benzene rings is 2. The molecule has 0 spiro atoms. The van der Waals surface area contributed by atoms with Gasteiger partial charge in [-0.15, -0.1) is 0 Å². The molecule has 0 aliphatic rings. The Morgan fingerprint density at radius 3 is 2.20 bits per heavy atom. The fraction of sp³-hybridized carbons (Fsp3) is 0.200. The van der Waals surface area contributed by atoms with E-state index in [9.17, 15) is 13.5 Å². The van der Waals surface area contributed by atoms with Gasteiger partial charge in [0.2, 0.25) is 0 Å². The Labute approximate surface area is 118 Å². The quantitative estimate of drug-likeness (QED) is 0.917. The van der Waals surface area contributed by atoms with E-state index in [4.69, 9.17) is 4.74 Å². The first-order valence-corrected chi connectivity index (χ1v) is 7.78. The number of ether oxygens (including phenoxy) is 1. The number of sulfone groups is 1. The number of aliphatic hydroxyl groups is 1. The van der Waals surface area contributed by atoms with Gasteiger partial charge in [-0.3, -0.25) is 0 Å². The van der Waals surface area contributed by atoms with Crippen molar-refractivity contribution in [1.29, 1.82) is 0 Å². The fourth-order valence-electron chi connectivity index (χ4n) is 1.85. The van der Waals surface area contributed by atoms with Gasteiger partial charge in [-0.2, -0.15) is 0 Å². The molecule has 0 aliphatic heterocycles. The zero-order valence-corrected chi connectivity index (χ0v) is 11.9. The molecule has 1 atom stereocenters. The Morgan fingerprint density at radius 2 is 1.65 bits per heavy atom. The number of hydrogen-bond acceptors (Lipinski definition) is 4. The SMILES string of the molecule is COc1ccc([C@@H](O)CS(=O)(=O)c2ccccc2)cc1. The van der Waals surface area contributed by atoms with E-state index < -0.39 is 15.9 Å². The van der Waals surface area contributed by atoms with Crippen LogP contribution < -0.4 is 4.74 Å². The van der Waals surface area contributed by atoms with Gasteiger partial charge in [0.25, 0.3) is 0 Å². The Morgan fingerprint density at radius 1 is 1.05 bits per heavy atom. The average Bonchev–Trinajstić information content (AvgIpc) is 2.48. The normalized spacial score (nSPS) is 12.9. The first kappa shape index (κ1) is 14.6. The molecule has 1 N–H and O–H groups in total. The van der Waals surface area contributed by atoms with Crippen LogP contribution in [-0.2, 0) is 9.84 Å². The van der Waals surface area contributed by atoms with E-state index >= 15 is 0 Å². The summed E-state index contributed by atoms with van der Waals surface area (Å²) in [4.78, 5) is 0.215. The van der Waals surface area contributed by atoms with E-state index in [2.05, 4.69) is 0 Å². The van der Waals surface area contributed by atoms with E-state index in [-0.39, 0.29) is 10.6 Å². The van der Waals surface area contributed by atoms with Crippen molar-refractivity contribution in [2.75, 3.05) is 12.9 Å². The van der Waals surface area contributed by atoms with Crippen molar-refractivity contribution in [1.82, 2.24) is 0 Å². The van der Waals surface area contributed by atoms with Crippen molar-refractivity contribution < 1.29 is 18.3 Å². The summed E-state index contributed by atoms with van der Waals surface area (Å²) in [6.45, 7) is 0. The molecule has 20 heavy (non-hydrogen) atoms. The highest BCUT2D eigenvalue weighted by atomic mass is 32.2. The molecule has 2 aromatic carbocycles. The molecule has 0 aromatic heterocycles. The third-order valence-electron chi connectivity index (χ3n) is 2.98. The van der Waals surface area contributed by atoms with E-state index in [1.807, 2.05) is 0 Å². The molecule has 4 nitrogen and oxygen atoms in total. The summed E-state index contributed by atoms with van der Waals surface area (Å²) in [7, 11) is -1.96. The van der Waals surface area contributed by atoms with Crippen molar-refractivity contribution in [3.63, 3.8) is 0 Å². The van der Waals surface area contributed by atoms with Crippen LogP contribution in [0.3, 0.4) is 0 Å². The number of methoxy groups -OCH3 is 1. The van der Waals surface area contributed by atoms with E-state index in [1.165, 1.54) is 12.1 Å². The van der Waals surface area contributed by atoms with E-state index in [0.29, 0.717) is 11.3 Å². The zero-order valence-electron chi connectivity index (χ0n) is 11.1. The minimum Gasteiger partial charge on any atom is -0.497 e. The van der Waals surface area contributed by atoms with Gasteiger partial charge < -0.3 is 9.84 Å². The van der Waals surface area contributed by atoms with Crippen LogP contribution in [0, 0.1) is 0 Å². The summed E-state index contributed by atoms with van der Waals surface area (Å²) < 4.78 is 29.3. The lowest BCUT2D eigenvalue weighted by Gasteiger charge is -2.12. The molecule has 0 radical (unpaired) electrons. The van der Waals surface area contributed by atoms with Gasteiger partial charge in [0, 0.05) is 0 Å². The summed E-state index contributed by atoms with van der Waals surface area (Å²) in [6.07, 6.45) is -1.06. The van der Waals surface area contributed by atoms with Gasteiger partial charge in [-0.05, 0) is 29.8 Å². The Hall–Kier alpha value is -1.85. The largest absolute Gasteiger partial charge is 0.497 e. The Bertz CT molecular complexity index is 648. The Balaban J connectivity index is 2.16. The second-order valence-corrected chi connectivity index (χ2v) is 6.42. The third-order valence-corrected chi connectivity index (χ3v) is 4.73.